The van der Waals surface area contributed by atoms with E-state index in [2.05, 4.69) is 5.32 Å². The summed E-state index contributed by atoms with van der Waals surface area (Å²) in [6.07, 6.45) is 1.69. The van der Waals surface area contributed by atoms with E-state index in [1.807, 2.05) is 13.0 Å². The first-order chi connectivity index (χ1) is 6.20. The third kappa shape index (κ3) is 7.29. The molecule has 0 saturated carbocycles. The Morgan fingerprint density at radius 3 is 2.92 bits per heavy atom. The number of nitrogens with two attached hydrogens (primary N) is 1. The van der Waals surface area contributed by atoms with E-state index < -0.39 is 0 Å². The molecule has 4 nitrogen and oxygen atoms in total. The summed E-state index contributed by atoms with van der Waals surface area (Å²) in [4.78, 5) is 11.1. The molecule has 1 atom stereocenters. The molecule has 0 radical (unpaired) electrons. The van der Waals surface area contributed by atoms with Crippen LogP contribution >= 0.6 is 0 Å². The smallest absolute Gasteiger partial charge is 0.220 e. The molecule has 0 aliphatic rings. The van der Waals surface area contributed by atoms with E-state index in [0.29, 0.717) is 31.8 Å². The Kier molecular flexibility index (Phi) is 6.93. The summed E-state index contributed by atoms with van der Waals surface area (Å²) in [6, 6.07) is 1.96. The van der Waals surface area contributed by atoms with Gasteiger partial charge in [0, 0.05) is 13.0 Å². The molecule has 74 valence electrons. The lowest BCUT2D eigenvalue weighted by atomic mass is 10.1. The summed E-state index contributed by atoms with van der Waals surface area (Å²) < 4.78 is 0. The molecule has 0 bridgehead atoms. The van der Waals surface area contributed by atoms with E-state index in [0.717, 1.165) is 6.42 Å². The summed E-state index contributed by atoms with van der Waals surface area (Å²) in [6.45, 7) is 3.08. The monoisotopic (exact) mass is 183 g/mol. The molecule has 4 heteroatoms. The molecule has 0 fully saturated rings. The first-order valence-electron chi connectivity index (χ1n) is 4.54. The molecule has 13 heavy (non-hydrogen) atoms. The Bertz CT molecular complexity index is 186. The Morgan fingerprint density at radius 2 is 2.38 bits per heavy atom. The minimum Gasteiger partial charge on any atom is -0.355 e. The van der Waals surface area contributed by atoms with Crippen molar-refractivity contribution in [2.24, 2.45) is 11.7 Å². The lowest BCUT2D eigenvalue weighted by Crippen LogP contribution is -2.25. The normalized spacial score (nSPS) is 11.8. The first kappa shape index (κ1) is 11.9. The van der Waals surface area contributed by atoms with Crippen LogP contribution in [0.5, 0.6) is 0 Å². The van der Waals surface area contributed by atoms with Gasteiger partial charge >= 0.3 is 0 Å². The highest BCUT2D eigenvalue weighted by Gasteiger charge is 2.04. The van der Waals surface area contributed by atoms with Gasteiger partial charge in [-0.05, 0) is 18.9 Å². The number of hydrogen-bond donors (Lipinski definition) is 2. The topological polar surface area (TPSA) is 78.9 Å². The molecule has 0 aromatic carbocycles. The summed E-state index contributed by atoms with van der Waals surface area (Å²) >= 11 is 0. The molecular formula is C9H17N3O. The van der Waals surface area contributed by atoms with E-state index in [-0.39, 0.29) is 5.91 Å². The quantitative estimate of drug-likeness (QED) is 0.585. The fraction of sp³-hybridized carbons (Fsp3) is 0.778. The number of rotatable bonds is 6. The lowest BCUT2D eigenvalue weighted by molar-refractivity contribution is -0.121. The maximum absolute atomic E-state index is 11.1. The van der Waals surface area contributed by atoms with Gasteiger partial charge in [0.2, 0.25) is 5.91 Å². The highest BCUT2D eigenvalue weighted by atomic mass is 16.1. The summed E-state index contributed by atoms with van der Waals surface area (Å²) in [5.41, 5.74) is 5.41. The van der Waals surface area contributed by atoms with Crippen molar-refractivity contribution in [1.82, 2.24) is 5.32 Å². The van der Waals surface area contributed by atoms with Crippen molar-refractivity contribution in [2.75, 3.05) is 13.1 Å². The van der Waals surface area contributed by atoms with Gasteiger partial charge < -0.3 is 11.1 Å². The number of carbonyl (C=O) groups is 1. The summed E-state index contributed by atoms with van der Waals surface area (Å²) in [5.74, 6) is 0.400. The second-order valence-corrected chi connectivity index (χ2v) is 3.14. The summed E-state index contributed by atoms with van der Waals surface area (Å²) in [7, 11) is 0. The van der Waals surface area contributed by atoms with E-state index in [1.165, 1.54) is 0 Å². The summed E-state index contributed by atoms with van der Waals surface area (Å²) in [5, 5.41) is 10.9. The molecule has 1 amide bonds. The average Bonchev–Trinajstić information content (AvgIpc) is 2.14. The zero-order valence-electron chi connectivity index (χ0n) is 8.05. The van der Waals surface area contributed by atoms with Crippen molar-refractivity contribution < 1.29 is 4.79 Å². The molecule has 0 aromatic rings. The predicted molar refractivity (Wildman–Crippen MR) is 50.7 cm³/mol. The van der Waals surface area contributed by atoms with Gasteiger partial charge in [0.15, 0.2) is 0 Å². The standard InChI is InChI=1S/C9H17N3O/c1-8(7-11)3-4-9(13)12-6-2-5-10/h8H,2-4,6-7,11H2,1H3,(H,12,13). The van der Waals surface area contributed by atoms with Gasteiger partial charge in [-0.1, -0.05) is 6.92 Å². The molecule has 0 saturated heterocycles. The van der Waals surface area contributed by atoms with Crippen LogP contribution in [0.3, 0.4) is 0 Å². The molecule has 0 heterocycles. The van der Waals surface area contributed by atoms with Crippen LogP contribution in [0, 0.1) is 17.2 Å². The van der Waals surface area contributed by atoms with E-state index in [1.54, 1.807) is 0 Å². The molecular weight excluding hydrogens is 166 g/mol. The van der Waals surface area contributed by atoms with Gasteiger partial charge in [-0.15, -0.1) is 0 Å². The van der Waals surface area contributed by atoms with Crippen LogP contribution in [-0.4, -0.2) is 19.0 Å². The highest BCUT2D eigenvalue weighted by molar-refractivity contribution is 5.75. The molecule has 3 N–H and O–H groups in total. The van der Waals surface area contributed by atoms with E-state index in [9.17, 15) is 4.79 Å². The third-order valence-corrected chi connectivity index (χ3v) is 1.83. The Balaban J connectivity index is 3.36. The van der Waals surface area contributed by atoms with Crippen molar-refractivity contribution in [1.29, 1.82) is 5.26 Å². The number of amides is 1. The fourth-order valence-corrected chi connectivity index (χ4v) is 0.842. The van der Waals surface area contributed by atoms with E-state index in [4.69, 9.17) is 11.0 Å². The van der Waals surface area contributed by atoms with Crippen LogP contribution in [0.4, 0.5) is 0 Å². The maximum Gasteiger partial charge on any atom is 0.220 e. The minimum absolute atomic E-state index is 0.00977. The molecule has 1 unspecified atom stereocenters. The number of nitriles is 1. The van der Waals surface area contributed by atoms with Gasteiger partial charge in [0.25, 0.3) is 0 Å². The van der Waals surface area contributed by atoms with Crippen LogP contribution < -0.4 is 11.1 Å². The van der Waals surface area contributed by atoms with Crippen molar-refractivity contribution in [3.05, 3.63) is 0 Å². The second-order valence-electron chi connectivity index (χ2n) is 3.14. The van der Waals surface area contributed by atoms with Crippen molar-refractivity contribution in [3.63, 3.8) is 0 Å². The highest BCUT2D eigenvalue weighted by Crippen LogP contribution is 2.02. The zero-order chi connectivity index (χ0) is 10.1. The molecule has 0 rings (SSSR count). The van der Waals surface area contributed by atoms with Crippen molar-refractivity contribution in [2.45, 2.75) is 26.2 Å². The molecule has 0 aliphatic carbocycles. The third-order valence-electron chi connectivity index (χ3n) is 1.83. The van der Waals surface area contributed by atoms with Crippen LogP contribution in [-0.2, 0) is 4.79 Å². The number of carbonyl (C=O) groups excluding carboxylic acids is 1. The van der Waals surface area contributed by atoms with Crippen LogP contribution in [0.2, 0.25) is 0 Å². The maximum atomic E-state index is 11.1. The number of nitrogens with zero attached hydrogens (tertiary/aromatic N) is 1. The first-order valence-corrected chi connectivity index (χ1v) is 4.54. The molecule has 0 aromatic heterocycles. The van der Waals surface area contributed by atoms with Gasteiger partial charge in [0.1, 0.15) is 0 Å². The Morgan fingerprint density at radius 1 is 1.69 bits per heavy atom. The predicted octanol–water partition coefficient (Wildman–Crippen LogP) is 0.391. The van der Waals surface area contributed by atoms with Crippen LogP contribution in [0.25, 0.3) is 0 Å². The molecule has 0 spiro atoms. The SMILES string of the molecule is CC(CN)CCC(=O)NCCC#N. The largest absolute Gasteiger partial charge is 0.355 e. The average molecular weight is 183 g/mol. The van der Waals surface area contributed by atoms with Gasteiger partial charge in [0.05, 0.1) is 12.5 Å². The van der Waals surface area contributed by atoms with E-state index >= 15 is 0 Å². The van der Waals surface area contributed by atoms with Gasteiger partial charge in [-0.2, -0.15) is 5.26 Å². The van der Waals surface area contributed by atoms with Crippen molar-refractivity contribution in [3.8, 4) is 6.07 Å². The Labute approximate surface area is 79.1 Å². The second kappa shape index (κ2) is 7.56. The van der Waals surface area contributed by atoms with Gasteiger partial charge in [-0.25, -0.2) is 0 Å². The number of nitrogens with one attached hydrogen (secondary N) is 1. The molecule has 0 aliphatic heterocycles. The van der Waals surface area contributed by atoms with Gasteiger partial charge in [-0.3, -0.25) is 4.79 Å². The van der Waals surface area contributed by atoms with Crippen molar-refractivity contribution >= 4 is 5.91 Å². The minimum atomic E-state index is 0.00977. The zero-order valence-corrected chi connectivity index (χ0v) is 8.05. The lowest BCUT2D eigenvalue weighted by Gasteiger charge is -2.07. The number of hydrogen-bond acceptors (Lipinski definition) is 3. The van der Waals surface area contributed by atoms with Crippen LogP contribution in [0.15, 0.2) is 0 Å². The fourth-order valence-electron chi connectivity index (χ4n) is 0.842. The van der Waals surface area contributed by atoms with Crippen LogP contribution in [0.1, 0.15) is 26.2 Å². The Hall–Kier alpha value is -1.08.